The maximum absolute atomic E-state index is 12.0. The molecule has 6 heteroatoms. The van der Waals surface area contributed by atoms with Crippen molar-refractivity contribution in [2.75, 3.05) is 7.11 Å². The van der Waals surface area contributed by atoms with E-state index in [1.165, 1.54) is 7.11 Å². The molecule has 5 atom stereocenters. The lowest BCUT2D eigenvalue weighted by atomic mass is 9.98. The van der Waals surface area contributed by atoms with Gasteiger partial charge in [-0.2, -0.15) is 0 Å². The van der Waals surface area contributed by atoms with E-state index in [0.717, 1.165) is 23.0 Å². The zero-order valence-electron chi connectivity index (χ0n) is 19.2. The molecule has 0 aliphatic carbocycles. The minimum Gasteiger partial charge on any atom is -0.368 e. The SMILES string of the molecule is CO[C@H]1O[C@H](C=O)[C@H](OCc2ccccc2)[C@H](OCc2ccccc2)[C@H]1OCc1ccccc1. The van der Waals surface area contributed by atoms with Crippen LogP contribution in [0.2, 0.25) is 0 Å². The van der Waals surface area contributed by atoms with Gasteiger partial charge in [0.1, 0.15) is 24.4 Å². The first-order chi connectivity index (χ1) is 16.8. The molecule has 3 aromatic carbocycles. The quantitative estimate of drug-likeness (QED) is 0.396. The van der Waals surface area contributed by atoms with E-state index in [1.54, 1.807) is 0 Å². The van der Waals surface area contributed by atoms with E-state index >= 15 is 0 Å². The zero-order chi connectivity index (χ0) is 23.6. The number of hydrogen-bond acceptors (Lipinski definition) is 6. The number of carbonyl (C=O) groups excluding carboxylic acids is 1. The Morgan fingerprint density at radius 3 is 1.47 bits per heavy atom. The minimum atomic E-state index is -0.856. The molecule has 6 nitrogen and oxygen atoms in total. The molecule has 1 heterocycles. The standard InChI is InChI=1S/C28H30O6/c1-30-28-27(33-20-23-15-9-4-10-16-23)26(32-19-22-13-7-3-8-14-22)25(24(17-29)34-28)31-18-21-11-5-2-6-12-21/h2-17,24-28H,18-20H2,1H3/t24-,25+,26+,27-,28+/m1/s1. The predicted molar refractivity (Wildman–Crippen MR) is 127 cm³/mol. The highest BCUT2D eigenvalue weighted by Gasteiger charge is 2.48. The summed E-state index contributed by atoms with van der Waals surface area (Å²) in [7, 11) is 1.53. The van der Waals surface area contributed by atoms with E-state index in [4.69, 9.17) is 23.7 Å². The lowest BCUT2D eigenvalue weighted by Crippen LogP contribution is -2.61. The molecule has 3 aromatic rings. The van der Waals surface area contributed by atoms with Crippen molar-refractivity contribution in [2.45, 2.75) is 50.5 Å². The van der Waals surface area contributed by atoms with Crippen molar-refractivity contribution in [2.24, 2.45) is 0 Å². The van der Waals surface area contributed by atoms with Gasteiger partial charge in [-0.3, -0.25) is 0 Å². The van der Waals surface area contributed by atoms with E-state index in [-0.39, 0.29) is 0 Å². The molecular weight excluding hydrogens is 432 g/mol. The van der Waals surface area contributed by atoms with Crippen molar-refractivity contribution < 1.29 is 28.5 Å². The topological polar surface area (TPSA) is 63.2 Å². The van der Waals surface area contributed by atoms with Gasteiger partial charge in [-0.1, -0.05) is 91.0 Å². The van der Waals surface area contributed by atoms with Crippen LogP contribution >= 0.6 is 0 Å². The van der Waals surface area contributed by atoms with E-state index in [9.17, 15) is 4.79 Å². The molecule has 0 radical (unpaired) electrons. The second kappa shape index (κ2) is 12.6. The van der Waals surface area contributed by atoms with Crippen molar-refractivity contribution >= 4 is 6.29 Å². The van der Waals surface area contributed by atoms with Gasteiger partial charge in [0.25, 0.3) is 0 Å². The lowest BCUT2D eigenvalue weighted by Gasteiger charge is -2.44. The summed E-state index contributed by atoms with van der Waals surface area (Å²) in [6.07, 6.45) is -2.77. The van der Waals surface area contributed by atoms with Crippen molar-refractivity contribution in [3.05, 3.63) is 108 Å². The maximum atomic E-state index is 12.0. The third kappa shape index (κ3) is 6.38. The molecule has 0 N–H and O–H groups in total. The van der Waals surface area contributed by atoms with Gasteiger partial charge >= 0.3 is 0 Å². The molecule has 178 valence electrons. The van der Waals surface area contributed by atoms with Crippen LogP contribution in [0.4, 0.5) is 0 Å². The van der Waals surface area contributed by atoms with Crippen LogP contribution in [0.3, 0.4) is 0 Å². The average Bonchev–Trinajstić information content (AvgIpc) is 2.91. The summed E-state index contributed by atoms with van der Waals surface area (Å²) >= 11 is 0. The fourth-order valence-electron chi connectivity index (χ4n) is 3.99. The summed E-state index contributed by atoms with van der Waals surface area (Å²) in [6.45, 7) is 0.994. The van der Waals surface area contributed by atoms with Crippen LogP contribution in [0.5, 0.6) is 0 Å². The van der Waals surface area contributed by atoms with Crippen molar-refractivity contribution in [3.63, 3.8) is 0 Å². The highest BCUT2D eigenvalue weighted by molar-refractivity contribution is 5.57. The van der Waals surface area contributed by atoms with Crippen molar-refractivity contribution in [1.82, 2.24) is 0 Å². The molecular formula is C28H30O6. The zero-order valence-corrected chi connectivity index (χ0v) is 19.2. The predicted octanol–water partition coefficient (Wildman–Crippen LogP) is 4.31. The smallest absolute Gasteiger partial charge is 0.187 e. The molecule has 0 aromatic heterocycles. The molecule has 34 heavy (non-hydrogen) atoms. The van der Waals surface area contributed by atoms with Gasteiger partial charge in [0.05, 0.1) is 19.8 Å². The molecule has 1 aliphatic rings. The van der Waals surface area contributed by atoms with Crippen LogP contribution in [0, 0.1) is 0 Å². The van der Waals surface area contributed by atoms with Gasteiger partial charge in [-0.25, -0.2) is 0 Å². The molecule has 0 spiro atoms. The third-order valence-electron chi connectivity index (χ3n) is 5.75. The molecule has 1 saturated heterocycles. The van der Waals surface area contributed by atoms with Gasteiger partial charge < -0.3 is 28.5 Å². The highest BCUT2D eigenvalue weighted by Crippen LogP contribution is 2.30. The van der Waals surface area contributed by atoms with Gasteiger partial charge in [0, 0.05) is 7.11 Å². The number of hydrogen-bond donors (Lipinski definition) is 0. The Balaban J connectivity index is 1.57. The monoisotopic (exact) mass is 462 g/mol. The second-order valence-electron chi connectivity index (χ2n) is 8.12. The first kappa shape index (κ1) is 24.3. The average molecular weight is 463 g/mol. The van der Waals surface area contributed by atoms with Crippen molar-refractivity contribution in [1.29, 1.82) is 0 Å². The highest BCUT2D eigenvalue weighted by atomic mass is 16.7. The Hall–Kier alpha value is -2.87. The number of carbonyl (C=O) groups is 1. The van der Waals surface area contributed by atoms with Crippen LogP contribution in [0.1, 0.15) is 16.7 Å². The summed E-state index contributed by atoms with van der Waals surface area (Å²) < 4.78 is 30.4. The number of methoxy groups -OCH3 is 1. The largest absolute Gasteiger partial charge is 0.368 e. The lowest BCUT2D eigenvalue weighted by molar-refractivity contribution is -0.309. The normalized spacial score (nSPS) is 24.6. The van der Waals surface area contributed by atoms with E-state index in [0.29, 0.717) is 19.8 Å². The third-order valence-corrected chi connectivity index (χ3v) is 5.75. The van der Waals surface area contributed by atoms with Crippen LogP contribution < -0.4 is 0 Å². The molecule has 0 saturated carbocycles. The first-order valence-corrected chi connectivity index (χ1v) is 11.4. The molecule has 1 aliphatic heterocycles. The Bertz CT molecular complexity index is 982. The van der Waals surface area contributed by atoms with Gasteiger partial charge in [0.15, 0.2) is 12.6 Å². The Labute approximate surface area is 200 Å². The summed E-state index contributed by atoms with van der Waals surface area (Å²) in [4.78, 5) is 12.0. The van der Waals surface area contributed by atoms with Crippen LogP contribution in [-0.4, -0.2) is 44.1 Å². The van der Waals surface area contributed by atoms with Crippen LogP contribution in [0.25, 0.3) is 0 Å². The summed E-state index contributed by atoms with van der Waals surface area (Å²) in [5.41, 5.74) is 3.01. The van der Waals surface area contributed by atoms with E-state index < -0.39 is 30.7 Å². The molecule has 0 amide bonds. The maximum Gasteiger partial charge on any atom is 0.187 e. The number of ether oxygens (including phenoxy) is 5. The minimum absolute atomic E-state index is 0.313. The fourth-order valence-corrected chi connectivity index (χ4v) is 3.99. The Kier molecular flexibility index (Phi) is 8.96. The summed E-state index contributed by atoms with van der Waals surface area (Å²) in [5, 5.41) is 0. The Morgan fingerprint density at radius 1 is 0.647 bits per heavy atom. The van der Waals surface area contributed by atoms with Gasteiger partial charge in [0.2, 0.25) is 0 Å². The molecule has 0 unspecified atom stereocenters. The first-order valence-electron chi connectivity index (χ1n) is 11.4. The van der Waals surface area contributed by atoms with Crippen LogP contribution in [-0.2, 0) is 48.3 Å². The summed E-state index contributed by atoms with van der Waals surface area (Å²) in [6, 6.07) is 29.5. The molecule has 4 rings (SSSR count). The van der Waals surface area contributed by atoms with Gasteiger partial charge in [-0.05, 0) is 16.7 Å². The summed E-state index contributed by atoms with van der Waals surface area (Å²) in [5.74, 6) is 0. The molecule has 0 bridgehead atoms. The molecule has 1 fully saturated rings. The van der Waals surface area contributed by atoms with Crippen LogP contribution in [0.15, 0.2) is 91.0 Å². The number of rotatable bonds is 11. The number of benzene rings is 3. The second-order valence-corrected chi connectivity index (χ2v) is 8.12. The number of aldehydes is 1. The van der Waals surface area contributed by atoms with Crippen molar-refractivity contribution in [3.8, 4) is 0 Å². The van der Waals surface area contributed by atoms with E-state index in [2.05, 4.69) is 0 Å². The van der Waals surface area contributed by atoms with E-state index in [1.807, 2.05) is 91.0 Å². The fraction of sp³-hybridized carbons (Fsp3) is 0.321. The van der Waals surface area contributed by atoms with Gasteiger partial charge in [-0.15, -0.1) is 0 Å². The Morgan fingerprint density at radius 2 is 1.06 bits per heavy atom.